The van der Waals surface area contributed by atoms with Crippen LogP contribution >= 0.6 is 11.3 Å². The van der Waals surface area contributed by atoms with Crippen molar-refractivity contribution in [2.24, 2.45) is 16.7 Å². The lowest BCUT2D eigenvalue weighted by Crippen LogP contribution is -2.53. The van der Waals surface area contributed by atoms with Crippen molar-refractivity contribution in [2.75, 3.05) is 19.8 Å². The quantitative estimate of drug-likeness (QED) is 0.506. The number of thiazole rings is 1. The Labute approximate surface area is 195 Å². The van der Waals surface area contributed by atoms with Gasteiger partial charge in [-0.2, -0.15) is 8.78 Å². The van der Waals surface area contributed by atoms with E-state index in [1.165, 1.54) is 17.5 Å². The van der Waals surface area contributed by atoms with Crippen molar-refractivity contribution in [2.45, 2.75) is 53.2 Å². The number of piperidine rings is 1. The molecule has 2 atom stereocenters. The molecular weight excluding hydrogens is 455 g/mol. The summed E-state index contributed by atoms with van der Waals surface area (Å²) in [5.74, 6) is -0.946. The van der Waals surface area contributed by atoms with Crippen molar-refractivity contribution >= 4 is 17.3 Å². The fraction of sp³-hybridized carbons (Fsp3) is 0.609. The first-order valence-corrected chi connectivity index (χ1v) is 11.7. The van der Waals surface area contributed by atoms with E-state index in [-0.39, 0.29) is 23.6 Å². The molecular formula is C23H30F3N3O3S. The smallest absolute Gasteiger partial charge is 0.388 e. The summed E-state index contributed by atoms with van der Waals surface area (Å²) in [5, 5.41) is 10.6. The molecule has 1 N–H and O–H groups in total. The summed E-state index contributed by atoms with van der Waals surface area (Å²) in [6, 6.07) is 3.25. The molecule has 10 heteroatoms. The molecule has 0 spiro atoms. The van der Waals surface area contributed by atoms with Crippen LogP contribution in [0.1, 0.15) is 44.9 Å². The number of ether oxygens (including phenoxy) is 1. The number of carboxylic acid groups (broad SMARTS) is 1. The SMILES string of the molecule is CC(C)(C)[C@H]1CN(Cc2cnc(-c3cccnc3OC(F)F)s2)C[C@](CCCF)(C(=O)O)C1. The van der Waals surface area contributed by atoms with Crippen LogP contribution in [0.3, 0.4) is 0 Å². The molecule has 0 saturated carbocycles. The summed E-state index contributed by atoms with van der Waals surface area (Å²) in [4.78, 5) is 23.5. The Hall–Kier alpha value is -2.20. The topological polar surface area (TPSA) is 75.5 Å². The van der Waals surface area contributed by atoms with E-state index < -0.39 is 24.7 Å². The van der Waals surface area contributed by atoms with Crippen LogP contribution < -0.4 is 4.74 Å². The maximum atomic E-state index is 13.0. The maximum absolute atomic E-state index is 13.0. The highest BCUT2D eigenvalue weighted by molar-refractivity contribution is 7.15. The normalized spacial score (nSPS) is 22.0. The number of pyridine rings is 1. The molecule has 0 amide bonds. The third kappa shape index (κ3) is 6.23. The van der Waals surface area contributed by atoms with Crippen LogP contribution in [-0.2, 0) is 11.3 Å². The second kappa shape index (κ2) is 10.4. The van der Waals surface area contributed by atoms with Gasteiger partial charge in [-0.25, -0.2) is 9.97 Å². The molecule has 3 rings (SSSR count). The van der Waals surface area contributed by atoms with E-state index in [2.05, 4.69) is 40.4 Å². The number of hydrogen-bond donors (Lipinski definition) is 1. The summed E-state index contributed by atoms with van der Waals surface area (Å²) in [7, 11) is 0. The van der Waals surface area contributed by atoms with Crippen LogP contribution in [0.25, 0.3) is 10.6 Å². The number of likely N-dealkylation sites (tertiary alicyclic amines) is 1. The third-order valence-electron chi connectivity index (χ3n) is 6.24. The molecule has 0 aromatic carbocycles. The van der Waals surface area contributed by atoms with Crippen molar-refractivity contribution in [3.05, 3.63) is 29.4 Å². The van der Waals surface area contributed by atoms with Gasteiger partial charge >= 0.3 is 12.6 Å². The van der Waals surface area contributed by atoms with Gasteiger partial charge in [-0.3, -0.25) is 14.1 Å². The van der Waals surface area contributed by atoms with E-state index in [0.717, 1.165) is 4.88 Å². The van der Waals surface area contributed by atoms with Gasteiger partial charge in [-0.05, 0) is 42.7 Å². The summed E-state index contributed by atoms with van der Waals surface area (Å²) >= 11 is 1.33. The van der Waals surface area contributed by atoms with Gasteiger partial charge in [0, 0.05) is 36.9 Å². The zero-order valence-electron chi connectivity index (χ0n) is 19.1. The van der Waals surface area contributed by atoms with Gasteiger partial charge in [0.1, 0.15) is 5.01 Å². The predicted octanol–water partition coefficient (Wildman–Crippen LogP) is 5.50. The van der Waals surface area contributed by atoms with E-state index in [0.29, 0.717) is 43.0 Å². The number of carboxylic acids is 1. The Balaban J connectivity index is 1.84. The van der Waals surface area contributed by atoms with E-state index in [4.69, 9.17) is 0 Å². The molecule has 0 aliphatic carbocycles. The van der Waals surface area contributed by atoms with Crippen LogP contribution in [0.2, 0.25) is 0 Å². The average Bonchev–Trinajstić information content (AvgIpc) is 3.19. The molecule has 182 valence electrons. The maximum Gasteiger partial charge on any atom is 0.388 e. The molecule has 6 nitrogen and oxygen atoms in total. The molecule has 33 heavy (non-hydrogen) atoms. The number of rotatable bonds is 9. The highest BCUT2D eigenvalue weighted by Gasteiger charge is 2.47. The standard InChI is InChI=1S/C23H30F3N3O3S/c1-22(2,3)15-10-23(20(30)31,7-5-8-24)14-29(12-15)13-16-11-28-19(33-16)17-6-4-9-27-18(17)32-21(25)26/h4,6,9,11,15,21H,5,7-8,10,12-14H2,1-3H3,(H,30,31)/t15-,23-/m1/s1. The second-order valence-corrected chi connectivity index (χ2v) is 10.8. The van der Waals surface area contributed by atoms with Gasteiger partial charge in [-0.15, -0.1) is 11.3 Å². The number of carbonyl (C=O) groups is 1. The molecule has 2 aromatic heterocycles. The number of aliphatic carboxylic acids is 1. The number of aromatic nitrogens is 2. The zero-order valence-corrected chi connectivity index (χ0v) is 19.9. The average molecular weight is 486 g/mol. The Morgan fingerprint density at radius 1 is 1.39 bits per heavy atom. The largest absolute Gasteiger partial charge is 0.481 e. The first-order valence-electron chi connectivity index (χ1n) is 10.9. The molecule has 0 unspecified atom stereocenters. The van der Waals surface area contributed by atoms with Crippen molar-refractivity contribution in [3.8, 4) is 16.5 Å². The fourth-order valence-corrected chi connectivity index (χ4v) is 5.38. The summed E-state index contributed by atoms with van der Waals surface area (Å²) < 4.78 is 42.9. The van der Waals surface area contributed by atoms with E-state index in [1.807, 2.05) is 0 Å². The molecule has 1 aliphatic heterocycles. The monoisotopic (exact) mass is 485 g/mol. The predicted molar refractivity (Wildman–Crippen MR) is 120 cm³/mol. The molecule has 2 aromatic rings. The highest BCUT2D eigenvalue weighted by atomic mass is 32.1. The molecule has 1 fully saturated rings. The Kier molecular flexibility index (Phi) is 8.00. The highest BCUT2D eigenvalue weighted by Crippen LogP contribution is 2.45. The van der Waals surface area contributed by atoms with E-state index >= 15 is 0 Å². The third-order valence-corrected chi connectivity index (χ3v) is 7.26. The molecule has 1 saturated heterocycles. The van der Waals surface area contributed by atoms with E-state index in [1.54, 1.807) is 18.3 Å². The van der Waals surface area contributed by atoms with Crippen LogP contribution in [0.5, 0.6) is 5.88 Å². The van der Waals surface area contributed by atoms with Crippen molar-refractivity contribution in [3.63, 3.8) is 0 Å². The minimum Gasteiger partial charge on any atom is -0.481 e. The van der Waals surface area contributed by atoms with Gasteiger partial charge in [0.15, 0.2) is 0 Å². The number of halogens is 3. The Bertz CT molecular complexity index is 950. The van der Waals surface area contributed by atoms with Crippen LogP contribution in [-0.4, -0.2) is 52.3 Å². The summed E-state index contributed by atoms with van der Waals surface area (Å²) in [5.41, 5.74) is -0.731. The molecule has 0 bridgehead atoms. The Morgan fingerprint density at radius 2 is 2.15 bits per heavy atom. The van der Waals surface area contributed by atoms with Crippen LogP contribution in [0.4, 0.5) is 13.2 Å². The minimum atomic E-state index is -2.99. The lowest BCUT2D eigenvalue weighted by atomic mass is 9.65. The number of nitrogens with zero attached hydrogens (tertiary/aromatic N) is 3. The van der Waals surface area contributed by atoms with Crippen molar-refractivity contribution in [1.82, 2.24) is 14.9 Å². The summed E-state index contributed by atoms with van der Waals surface area (Å²) in [6.07, 6.45) is 4.07. The van der Waals surface area contributed by atoms with Gasteiger partial charge in [0.05, 0.1) is 17.7 Å². The van der Waals surface area contributed by atoms with E-state index in [9.17, 15) is 23.1 Å². The molecule has 3 heterocycles. The first-order chi connectivity index (χ1) is 15.5. The van der Waals surface area contributed by atoms with Gasteiger partial charge in [0.25, 0.3) is 0 Å². The zero-order chi connectivity index (χ0) is 24.2. The lowest BCUT2D eigenvalue weighted by Gasteiger charge is -2.48. The van der Waals surface area contributed by atoms with Crippen molar-refractivity contribution < 1.29 is 27.8 Å². The van der Waals surface area contributed by atoms with Gasteiger partial charge in [0.2, 0.25) is 5.88 Å². The number of alkyl halides is 3. The first kappa shape index (κ1) is 25.4. The van der Waals surface area contributed by atoms with Crippen molar-refractivity contribution in [1.29, 1.82) is 0 Å². The number of hydrogen-bond acceptors (Lipinski definition) is 6. The summed E-state index contributed by atoms with van der Waals surface area (Å²) in [6.45, 7) is 4.28. The van der Waals surface area contributed by atoms with Crippen LogP contribution in [0.15, 0.2) is 24.5 Å². The van der Waals surface area contributed by atoms with Gasteiger partial charge in [-0.1, -0.05) is 20.8 Å². The minimum absolute atomic E-state index is 0.106. The second-order valence-electron chi connectivity index (χ2n) is 9.68. The lowest BCUT2D eigenvalue weighted by molar-refractivity contribution is -0.157. The fourth-order valence-electron chi connectivity index (χ4n) is 4.41. The van der Waals surface area contributed by atoms with Crippen LogP contribution in [0, 0.1) is 16.7 Å². The molecule has 0 radical (unpaired) electrons. The van der Waals surface area contributed by atoms with Gasteiger partial charge < -0.3 is 9.84 Å². The molecule has 1 aliphatic rings. The Morgan fingerprint density at radius 3 is 2.79 bits per heavy atom.